The maximum Gasteiger partial charge on any atom is 0.255 e. The summed E-state index contributed by atoms with van der Waals surface area (Å²) >= 11 is 1.22. The average molecular weight is 449 g/mol. The number of nitrogens with zero attached hydrogens (tertiary/aromatic N) is 2. The topological polar surface area (TPSA) is 66.9 Å². The van der Waals surface area contributed by atoms with Crippen LogP contribution in [0.3, 0.4) is 0 Å². The standard InChI is InChI=1S/C22H28N2O4S2/c1-21(2,3)18-8-6-17(7-9-18)20(25)23-12-10-22(11-13-23)24(14-15-28-22)30(26,27)19-5-4-16-29-19/h4-9,16H,10-15H2,1-3H3. The van der Waals surface area contributed by atoms with E-state index in [0.717, 1.165) is 0 Å². The summed E-state index contributed by atoms with van der Waals surface area (Å²) in [6.45, 7) is 8.10. The van der Waals surface area contributed by atoms with Gasteiger partial charge in [0.15, 0.2) is 0 Å². The Morgan fingerprint density at radius 1 is 1.07 bits per heavy atom. The van der Waals surface area contributed by atoms with E-state index < -0.39 is 15.7 Å². The summed E-state index contributed by atoms with van der Waals surface area (Å²) in [5.74, 6) is -0.0176. The van der Waals surface area contributed by atoms with Gasteiger partial charge in [-0.3, -0.25) is 4.79 Å². The molecular weight excluding hydrogens is 420 g/mol. The first kappa shape index (κ1) is 21.5. The minimum absolute atomic E-state index is 0.0176. The van der Waals surface area contributed by atoms with Crippen LogP contribution in [0.2, 0.25) is 0 Å². The van der Waals surface area contributed by atoms with Crippen molar-refractivity contribution in [3.63, 3.8) is 0 Å². The smallest absolute Gasteiger partial charge is 0.255 e. The van der Waals surface area contributed by atoms with Crippen molar-refractivity contribution in [1.29, 1.82) is 0 Å². The number of carbonyl (C=O) groups is 1. The van der Waals surface area contributed by atoms with Gasteiger partial charge in [0.05, 0.1) is 6.61 Å². The Balaban J connectivity index is 1.47. The lowest BCUT2D eigenvalue weighted by Crippen LogP contribution is -2.55. The number of rotatable bonds is 3. The molecule has 0 N–H and O–H groups in total. The fourth-order valence-corrected chi connectivity index (χ4v) is 7.03. The van der Waals surface area contributed by atoms with Crippen LogP contribution in [0.1, 0.15) is 49.5 Å². The molecule has 162 valence electrons. The first-order valence-electron chi connectivity index (χ1n) is 10.2. The molecule has 30 heavy (non-hydrogen) atoms. The van der Waals surface area contributed by atoms with Gasteiger partial charge < -0.3 is 9.64 Å². The number of hydrogen-bond acceptors (Lipinski definition) is 5. The van der Waals surface area contributed by atoms with Gasteiger partial charge in [0.25, 0.3) is 15.9 Å². The number of benzene rings is 1. The second-order valence-corrected chi connectivity index (χ2v) is 12.0. The van der Waals surface area contributed by atoms with E-state index in [9.17, 15) is 13.2 Å². The van der Waals surface area contributed by atoms with Gasteiger partial charge in [0.1, 0.15) is 9.93 Å². The summed E-state index contributed by atoms with van der Waals surface area (Å²) in [7, 11) is -3.59. The van der Waals surface area contributed by atoms with Gasteiger partial charge in [0.2, 0.25) is 0 Å². The minimum atomic E-state index is -3.59. The predicted molar refractivity (Wildman–Crippen MR) is 117 cm³/mol. The van der Waals surface area contributed by atoms with Crippen LogP contribution < -0.4 is 0 Å². The average Bonchev–Trinajstić information content (AvgIpc) is 3.39. The summed E-state index contributed by atoms with van der Waals surface area (Å²) in [4.78, 5) is 14.8. The molecule has 0 saturated carbocycles. The van der Waals surface area contributed by atoms with Crippen LogP contribution in [0.15, 0.2) is 46.0 Å². The lowest BCUT2D eigenvalue weighted by Gasteiger charge is -2.42. The van der Waals surface area contributed by atoms with Gasteiger partial charge in [0, 0.05) is 38.0 Å². The zero-order valence-electron chi connectivity index (χ0n) is 17.6. The summed E-state index contributed by atoms with van der Waals surface area (Å²) in [6, 6.07) is 11.2. The van der Waals surface area contributed by atoms with E-state index in [0.29, 0.717) is 48.9 Å². The fraction of sp³-hybridized carbons (Fsp3) is 0.500. The van der Waals surface area contributed by atoms with Crippen molar-refractivity contribution in [2.75, 3.05) is 26.2 Å². The van der Waals surface area contributed by atoms with Crippen molar-refractivity contribution < 1.29 is 17.9 Å². The van der Waals surface area contributed by atoms with E-state index >= 15 is 0 Å². The molecule has 2 aliphatic heterocycles. The molecule has 0 unspecified atom stereocenters. The van der Waals surface area contributed by atoms with Crippen molar-refractivity contribution in [2.45, 2.75) is 49.0 Å². The zero-order chi connectivity index (χ0) is 21.6. The van der Waals surface area contributed by atoms with Crippen LogP contribution in [-0.2, 0) is 20.2 Å². The molecule has 1 spiro atoms. The molecule has 1 aromatic heterocycles. The largest absolute Gasteiger partial charge is 0.358 e. The Hall–Kier alpha value is -1.74. The lowest BCUT2D eigenvalue weighted by atomic mass is 9.86. The number of ether oxygens (including phenoxy) is 1. The highest BCUT2D eigenvalue weighted by molar-refractivity contribution is 7.91. The normalized spacial score (nSPS) is 20.0. The Kier molecular flexibility index (Phi) is 5.55. The molecule has 0 radical (unpaired) electrons. The number of carbonyl (C=O) groups excluding carboxylic acids is 1. The molecule has 0 aliphatic carbocycles. The first-order chi connectivity index (χ1) is 14.1. The third-order valence-corrected chi connectivity index (χ3v) is 9.31. The maximum absolute atomic E-state index is 13.1. The van der Waals surface area contributed by atoms with Crippen molar-refractivity contribution >= 4 is 27.3 Å². The highest BCUT2D eigenvalue weighted by Crippen LogP contribution is 2.39. The van der Waals surface area contributed by atoms with Crippen LogP contribution in [0, 0.1) is 0 Å². The molecule has 2 saturated heterocycles. The highest BCUT2D eigenvalue weighted by Gasteiger charge is 2.51. The molecule has 4 rings (SSSR count). The van der Waals surface area contributed by atoms with E-state index in [4.69, 9.17) is 4.74 Å². The zero-order valence-corrected chi connectivity index (χ0v) is 19.3. The van der Waals surface area contributed by atoms with Crippen LogP contribution in [0.25, 0.3) is 0 Å². The molecule has 8 heteroatoms. The fourth-order valence-electron chi connectivity index (χ4n) is 4.20. The summed E-state index contributed by atoms with van der Waals surface area (Å²) in [5, 5.41) is 1.77. The van der Waals surface area contributed by atoms with Crippen LogP contribution in [0.5, 0.6) is 0 Å². The van der Waals surface area contributed by atoms with Crippen LogP contribution in [-0.4, -0.2) is 55.5 Å². The van der Waals surface area contributed by atoms with Crippen LogP contribution in [0.4, 0.5) is 0 Å². The van der Waals surface area contributed by atoms with E-state index in [1.165, 1.54) is 21.2 Å². The molecule has 0 bridgehead atoms. The molecule has 1 aromatic carbocycles. The molecule has 0 atom stereocenters. The predicted octanol–water partition coefficient (Wildman–Crippen LogP) is 3.70. The van der Waals surface area contributed by atoms with Gasteiger partial charge in [-0.15, -0.1) is 11.3 Å². The molecule has 2 aromatic rings. The first-order valence-corrected chi connectivity index (χ1v) is 12.6. The Morgan fingerprint density at radius 2 is 1.73 bits per heavy atom. The van der Waals surface area contributed by atoms with E-state index in [1.54, 1.807) is 22.4 Å². The molecular formula is C22H28N2O4S2. The Morgan fingerprint density at radius 3 is 2.30 bits per heavy atom. The van der Waals surface area contributed by atoms with Crippen molar-refractivity contribution in [2.24, 2.45) is 0 Å². The second-order valence-electron chi connectivity index (χ2n) is 8.92. The van der Waals surface area contributed by atoms with Gasteiger partial charge in [-0.05, 0) is 34.6 Å². The minimum Gasteiger partial charge on any atom is -0.358 e. The third kappa shape index (κ3) is 3.82. The molecule has 2 aliphatic rings. The van der Waals surface area contributed by atoms with Gasteiger partial charge in [-0.2, -0.15) is 4.31 Å². The monoisotopic (exact) mass is 448 g/mol. The van der Waals surface area contributed by atoms with Crippen molar-refractivity contribution in [1.82, 2.24) is 9.21 Å². The van der Waals surface area contributed by atoms with Crippen molar-refractivity contribution in [3.05, 3.63) is 52.9 Å². The number of sulfonamides is 1. The van der Waals surface area contributed by atoms with Gasteiger partial charge >= 0.3 is 0 Å². The Labute approximate surface area is 182 Å². The summed E-state index contributed by atoms with van der Waals surface area (Å²) in [6.07, 6.45) is 0.951. The van der Waals surface area contributed by atoms with E-state index in [1.807, 2.05) is 24.3 Å². The van der Waals surface area contributed by atoms with Gasteiger partial charge in [-0.1, -0.05) is 39.0 Å². The third-order valence-electron chi connectivity index (χ3n) is 5.99. The molecule has 2 fully saturated rings. The second kappa shape index (κ2) is 7.75. The number of amides is 1. The summed E-state index contributed by atoms with van der Waals surface area (Å²) in [5.41, 5.74) is 1.03. The van der Waals surface area contributed by atoms with Gasteiger partial charge in [-0.25, -0.2) is 8.42 Å². The number of thiophene rings is 1. The summed E-state index contributed by atoms with van der Waals surface area (Å²) < 4.78 is 34.0. The SMILES string of the molecule is CC(C)(C)c1ccc(C(=O)N2CCC3(CC2)OCCN3S(=O)(=O)c2cccs2)cc1. The molecule has 6 nitrogen and oxygen atoms in total. The van der Waals surface area contributed by atoms with E-state index in [-0.39, 0.29) is 11.3 Å². The van der Waals surface area contributed by atoms with Crippen molar-refractivity contribution in [3.8, 4) is 0 Å². The lowest BCUT2D eigenvalue weighted by molar-refractivity contribution is -0.0856. The Bertz CT molecular complexity index is 1000. The molecule has 1 amide bonds. The number of likely N-dealkylation sites (tertiary alicyclic amines) is 1. The maximum atomic E-state index is 13.1. The highest BCUT2D eigenvalue weighted by atomic mass is 32.2. The van der Waals surface area contributed by atoms with E-state index in [2.05, 4.69) is 20.8 Å². The van der Waals surface area contributed by atoms with Crippen LogP contribution >= 0.6 is 11.3 Å². The number of piperidine rings is 1. The number of hydrogen-bond donors (Lipinski definition) is 0. The quantitative estimate of drug-likeness (QED) is 0.718. The molecule has 3 heterocycles.